The van der Waals surface area contributed by atoms with Crippen LogP contribution in [0.15, 0.2) is 30.3 Å². The minimum atomic E-state index is 0.554. The maximum Gasteiger partial charge on any atom is -0.00464 e. The third-order valence-electron chi connectivity index (χ3n) is 5.54. The van der Waals surface area contributed by atoms with E-state index in [1.807, 2.05) is 0 Å². The second-order valence-electron chi connectivity index (χ2n) is 6.00. The molecule has 3 fully saturated rings. The van der Waals surface area contributed by atoms with Crippen molar-refractivity contribution in [3.8, 4) is 0 Å². The Hall–Kier alpha value is -0.780. The zero-order valence-corrected chi connectivity index (χ0v) is 10.3. The molecule has 1 aromatic carbocycles. The molecule has 0 atom stereocenters. The molecule has 0 N–H and O–H groups in total. The van der Waals surface area contributed by atoms with E-state index >= 15 is 0 Å². The van der Waals surface area contributed by atoms with Crippen molar-refractivity contribution >= 4 is 0 Å². The lowest BCUT2D eigenvalue weighted by atomic mass is 9.51. The predicted molar refractivity (Wildman–Crippen MR) is 68.5 cm³/mol. The molecule has 3 aliphatic rings. The first-order valence-electron chi connectivity index (χ1n) is 6.84. The van der Waals surface area contributed by atoms with Crippen LogP contribution in [0.4, 0.5) is 0 Å². The molecule has 16 heavy (non-hydrogen) atoms. The minimum Gasteiger partial charge on any atom is -0.0649 e. The highest BCUT2D eigenvalue weighted by atomic mass is 14.5. The highest BCUT2D eigenvalue weighted by Gasteiger charge is 2.48. The molecule has 2 bridgehead atoms. The van der Waals surface area contributed by atoms with Gasteiger partial charge in [-0.2, -0.15) is 0 Å². The molecule has 0 radical (unpaired) electrons. The van der Waals surface area contributed by atoms with Gasteiger partial charge < -0.3 is 0 Å². The molecular weight excluding hydrogens is 192 g/mol. The van der Waals surface area contributed by atoms with Gasteiger partial charge in [0.05, 0.1) is 0 Å². The van der Waals surface area contributed by atoms with Crippen molar-refractivity contribution in [2.75, 3.05) is 0 Å². The van der Waals surface area contributed by atoms with Gasteiger partial charge in [-0.05, 0) is 54.9 Å². The van der Waals surface area contributed by atoms with E-state index in [4.69, 9.17) is 0 Å². The normalized spacial score (nSPS) is 37.6. The molecule has 0 amide bonds. The lowest BCUT2D eigenvalue weighted by molar-refractivity contribution is 0.0367. The molecule has 4 rings (SSSR count). The predicted octanol–water partition coefficient (Wildman–Crippen LogP) is 4.69. The van der Waals surface area contributed by atoms with Crippen LogP contribution in [0.3, 0.4) is 0 Å². The number of hydrogen-bond acceptors (Lipinski definition) is 0. The van der Waals surface area contributed by atoms with Crippen molar-refractivity contribution in [1.82, 2.24) is 0 Å². The van der Waals surface area contributed by atoms with E-state index in [1.165, 1.54) is 44.9 Å². The molecule has 0 heterocycles. The van der Waals surface area contributed by atoms with E-state index in [2.05, 4.69) is 37.3 Å². The smallest absolute Gasteiger partial charge is 0.00464 e. The molecule has 0 aliphatic heterocycles. The fourth-order valence-electron chi connectivity index (χ4n) is 4.02. The Kier molecular flexibility index (Phi) is 2.34. The SMILES string of the molecule is CCC12CCC(c3ccccc3)(CC1)CC2. The monoisotopic (exact) mass is 214 g/mol. The summed E-state index contributed by atoms with van der Waals surface area (Å²) in [7, 11) is 0. The summed E-state index contributed by atoms with van der Waals surface area (Å²) in [4.78, 5) is 0. The highest BCUT2D eigenvalue weighted by Crippen LogP contribution is 2.58. The summed E-state index contributed by atoms with van der Waals surface area (Å²) >= 11 is 0. The van der Waals surface area contributed by atoms with Gasteiger partial charge in [0.2, 0.25) is 0 Å². The molecule has 3 aliphatic carbocycles. The van der Waals surface area contributed by atoms with Crippen LogP contribution in [0.2, 0.25) is 0 Å². The van der Waals surface area contributed by atoms with E-state index in [0.717, 1.165) is 5.41 Å². The first-order chi connectivity index (χ1) is 7.79. The van der Waals surface area contributed by atoms with Gasteiger partial charge in [0, 0.05) is 0 Å². The van der Waals surface area contributed by atoms with Gasteiger partial charge in [-0.3, -0.25) is 0 Å². The first kappa shape index (κ1) is 10.4. The van der Waals surface area contributed by atoms with Crippen molar-refractivity contribution < 1.29 is 0 Å². The Morgan fingerprint density at radius 3 is 1.94 bits per heavy atom. The Labute approximate surface area is 99.1 Å². The minimum absolute atomic E-state index is 0.554. The Balaban J connectivity index is 1.89. The molecule has 1 aromatic rings. The molecule has 0 saturated heterocycles. The van der Waals surface area contributed by atoms with Gasteiger partial charge in [-0.25, -0.2) is 0 Å². The number of benzene rings is 1. The topological polar surface area (TPSA) is 0 Å². The van der Waals surface area contributed by atoms with E-state index in [0.29, 0.717) is 5.41 Å². The molecule has 0 spiro atoms. The van der Waals surface area contributed by atoms with Crippen molar-refractivity contribution in [2.24, 2.45) is 5.41 Å². The van der Waals surface area contributed by atoms with Gasteiger partial charge in [0.25, 0.3) is 0 Å². The fourth-order valence-corrected chi connectivity index (χ4v) is 4.02. The second kappa shape index (κ2) is 3.61. The van der Waals surface area contributed by atoms with Gasteiger partial charge in [-0.15, -0.1) is 0 Å². The van der Waals surface area contributed by atoms with E-state index < -0.39 is 0 Å². The van der Waals surface area contributed by atoms with Crippen LogP contribution < -0.4 is 0 Å². The summed E-state index contributed by atoms with van der Waals surface area (Å²) in [6, 6.07) is 11.3. The van der Waals surface area contributed by atoms with Gasteiger partial charge >= 0.3 is 0 Å². The van der Waals surface area contributed by atoms with Crippen LogP contribution in [0.25, 0.3) is 0 Å². The van der Waals surface area contributed by atoms with Crippen molar-refractivity contribution in [1.29, 1.82) is 0 Å². The van der Waals surface area contributed by atoms with Crippen LogP contribution >= 0.6 is 0 Å². The Morgan fingerprint density at radius 1 is 0.875 bits per heavy atom. The summed E-state index contributed by atoms with van der Waals surface area (Å²) in [6.07, 6.45) is 10.1. The molecule has 86 valence electrons. The average molecular weight is 214 g/mol. The molecule has 0 aromatic heterocycles. The van der Waals surface area contributed by atoms with E-state index in [9.17, 15) is 0 Å². The lowest BCUT2D eigenvalue weighted by Crippen LogP contribution is -2.43. The zero-order valence-electron chi connectivity index (χ0n) is 10.3. The summed E-state index contributed by atoms with van der Waals surface area (Å²) < 4.78 is 0. The zero-order chi connectivity index (χ0) is 11.1. The van der Waals surface area contributed by atoms with E-state index in [-0.39, 0.29) is 0 Å². The first-order valence-corrected chi connectivity index (χ1v) is 6.84. The number of hydrogen-bond donors (Lipinski definition) is 0. The van der Waals surface area contributed by atoms with Crippen LogP contribution in [0.1, 0.15) is 57.4 Å². The average Bonchev–Trinajstić information content (AvgIpc) is 2.42. The van der Waals surface area contributed by atoms with Crippen LogP contribution in [0, 0.1) is 5.41 Å². The summed E-state index contributed by atoms with van der Waals surface area (Å²) in [5.74, 6) is 0. The van der Waals surface area contributed by atoms with Gasteiger partial charge in [0.1, 0.15) is 0 Å². The molecule has 0 heteroatoms. The molecule has 0 unspecified atom stereocenters. The van der Waals surface area contributed by atoms with E-state index in [1.54, 1.807) is 5.56 Å². The number of rotatable bonds is 2. The maximum absolute atomic E-state index is 2.39. The Morgan fingerprint density at radius 2 is 1.44 bits per heavy atom. The third-order valence-corrected chi connectivity index (χ3v) is 5.54. The van der Waals surface area contributed by atoms with Crippen molar-refractivity contribution in [3.63, 3.8) is 0 Å². The third kappa shape index (κ3) is 1.43. The molecule has 3 saturated carbocycles. The second-order valence-corrected chi connectivity index (χ2v) is 6.00. The van der Waals surface area contributed by atoms with Crippen LogP contribution in [-0.2, 0) is 5.41 Å². The Bertz CT molecular complexity index is 338. The van der Waals surface area contributed by atoms with Crippen LogP contribution in [0.5, 0.6) is 0 Å². The largest absolute Gasteiger partial charge is 0.0649 e. The van der Waals surface area contributed by atoms with Crippen LogP contribution in [-0.4, -0.2) is 0 Å². The summed E-state index contributed by atoms with van der Waals surface area (Å²) in [5.41, 5.74) is 2.90. The molecule has 0 nitrogen and oxygen atoms in total. The summed E-state index contributed by atoms with van der Waals surface area (Å²) in [6.45, 7) is 2.39. The van der Waals surface area contributed by atoms with Gasteiger partial charge in [0.15, 0.2) is 0 Å². The highest BCUT2D eigenvalue weighted by molar-refractivity contribution is 5.28. The van der Waals surface area contributed by atoms with Crippen molar-refractivity contribution in [3.05, 3.63) is 35.9 Å². The fraction of sp³-hybridized carbons (Fsp3) is 0.625. The standard InChI is InChI=1S/C16H22/c1-2-15-8-11-16(12-9-15,13-10-15)14-6-4-3-5-7-14/h3-7H,2,8-13H2,1H3. The van der Waals surface area contributed by atoms with Crippen molar-refractivity contribution in [2.45, 2.75) is 57.3 Å². The number of fused-ring (bicyclic) bond motifs is 3. The van der Waals surface area contributed by atoms with Gasteiger partial charge in [-0.1, -0.05) is 43.7 Å². The maximum atomic E-state index is 2.39. The quantitative estimate of drug-likeness (QED) is 0.670. The summed E-state index contributed by atoms with van der Waals surface area (Å²) in [5, 5.41) is 0. The lowest BCUT2D eigenvalue weighted by Gasteiger charge is -2.53. The molecular formula is C16H22.